The molecule has 0 aliphatic carbocycles. The highest BCUT2D eigenvalue weighted by molar-refractivity contribution is 6.31. The van der Waals surface area contributed by atoms with Crippen LogP contribution >= 0.6 is 11.6 Å². The summed E-state index contributed by atoms with van der Waals surface area (Å²) < 4.78 is 0. The highest BCUT2D eigenvalue weighted by atomic mass is 35.5. The van der Waals surface area contributed by atoms with Crippen molar-refractivity contribution in [2.45, 2.75) is 13.8 Å². The molecule has 3 nitrogen and oxygen atoms in total. The molecule has 0 amide bonds. The van der Waals surface area contributed by atoms with Gasteiger partial charge in [0.25, 0.3) is 0 Å². The van der Waals surface area contributed by atoms with Crippen LogP contribution in [0.2, 0.25) is 5.02 Å². The van der Waals surface area contributed by atoms with Crippen molar-refractivity contribution in [1.82, 2.24) is 0 Å². The third-order valence-electron chi connectivity index (χ3n) is 3.29. The fourth-order valence-corrected chi connectivity index (χ4v) is 2.48. The first-order valence-corrected chi connectivity index (χ1v) is 6.34. The molecule has 92 valence electrons. The van der Waals surface area contributed by atoms with E-state index in [4.69, 9.17) is 11.6 Å². The molecule has 4 heteroatoms. The number of nitrogens with zero attached hydrogens (tertiary/aromatic N) is 3. The van der Waals surface area contributed by atoms with Crippen molar-refractivity contribution in [1.29, 1.82) is 0 Å². The average Bonchev–Trinajstić information content (AvgIpc) is 2.48. The number of fused-ring (bicyclic) bond motifs is 3. The summed E-state index contributed by atoms with van der Waals surface area (Å²) in [6, 6.07) is 5.98. The van der Waals surface area contributed by atoms with Crippen LogP contribution in [-0.4, -0.2) is 24.5 Å². The largest absolute Gasteiger partial charge is 0.336 e. The lowest BCUT2D eigenvalue weighted by molar-refractivity contribution is 0.950. The number of rotatable bonds is 0. The van der Waals surface area contributed by atoms with Crippen LogP contribution in [0.15, 0.2) is 40.1 Å². The highest BCUT2D eigenvalue weighted by Gasteiger charge is 2.22. The third-order valence-corrected chi connectivity index (χ3v) is 3.52. The number of anilines is 1. The van der Waals surface area contributed by atoms with E-state index >= 15 is 0 Å². The highest BCUT2D eigenvalue weighted by Crippen LogP contribution is 2.31. The van der Waals surface area contributed by atoms with Crippen molar-refractivity contribution in [2.75, 3.05) is 18.0 Å². The van der Waals surface area contributed by atoms with E-state index < -0.39 is 0 Å². The van der Waals surface area contributed by atoms with Crippen molar-refractivity contribution in [3.05, 3.63) is 40.7 Å². The quantitative estimate of drug-likeness (QED) is 0.703. The second-order valence-corrected chi connectivity index (χ2v) is 5.07. The zero-order valence-corrected chi connectivity index (χ0v) is 11.2. The molecule has 3 rings (SSSR count). The predicted molar refractivity (Wildman–Crippen MR) is 77.1 cm³/mol. The van der Waals surface area contributed by atoms with Crippen LogP contribution in [0.5, 0.6) is 0 Å². The van der Waals surface area contributed by atoms with Crippen molar-refractivity contribution in [3.8, 4) is 0 Å². The molecule has 1 aromatic rings. The van der Waals surface area contributed by atoms with Gasteiger partial charge in [-0.05, 0) is 32.0 Å². The van der Waals surface area contributed by atoms with Gasteiger partial charge >= 0.3 is 0 Å². The molecule has 0 unspecified atom stereocenters. The Labute approximate surface area is 112 Å². The lowest BCUT2D eigenvalue weighted by atomic mass is 10.1. The van der Waals surface area contributed by atoms with Crippen LogP contribution in [-0.2, 0) is 0 Å². The number of halogens is 1. The Morgan fingerprint density at radius 1 is 1.28 bits per heavy atom. The lowest BCUT2D eigenvalue weighted by Crippen LogP contribution is -2.31. The summed E-state index contributed by atoms with van der Waals surface area (Å²) in [6.45, 7) is 5.57. The minimum atomic E-state index is 0.676. The minimum absolute atomic E-state index is 0.676. The molecular weight excluding hydrogens is 246 g/mol. The van der Waals surface area contributed by atoms with Crippen molar-refractivity contribution < 1.29 is 0 Å². The van der Waals surface area contributed by atoms with E-state index in [0.29, 0.717) is 6.54 Å². The monoisotopic (exact) mass is 259 g/mol. The van der Waals surface area contributed by atoms with E-state index in [0.717, 1.165) is 34.3 Å². The van der Waals surface area contributed by atoms with Crippen molar-refractivity contribution in [3.63, 3.8) is 0 Å². The summed E-state index contributed by atoms with van der Waals surface area (Å²) in [5.74, 6) is 0. The number of hydrogen-bond acceptors (Lipinski definition) is 3. The second-order valence-electron chi connectivity index (χ2n) is 4.63. The van der Waals surface area contributed by atoms with Gasteiger partial charge in [-0.2, -0.15) is 0 Å². The van der Waals surface area contributed by atoms with Crippen LogP contribution in [0.4, 0.5) is 5.69 Å². The summed E-state index contributed by atoms with van der Waals surface area (Å²) >= 11 is 6.09. The number of hydrogen-bond donors (Lipinski definition) is 0. The maximum atomic E-state index is 6.09. The maximum absolute atomic E-state index is 6.09. The fourth-order valence-electron chi connectivity index (χ4n) is 2.31. The Balaban J connectivity index is 2.18. The Kier molecular flexibility index (Phi) is 2.71. The molecule has 2 aliphatic heterocycles. The summed E-state index contributed by atoms with van der Waals surface area (Å²) in [5.41, 5.74) is 5.56. The Morgan fingerprint density at radius 3 is 2.94 bits per heavy atom. The van der Waals surface area contributed by atoms with E-state index in [1.165, 1.54) is 5.69 Å². The van der Waals surface area contributed by atoms with Crippen LogP contribution in [0.3, 0.4) is 0 Å². The molecule has 0 fully saturated rings. The third kappa shape index (κ3) is 1.85. The van der Waals surface area contributed by atoms with Gasteiger partial charge in [0.1, 0.15) is 0 Å². The first-order valence-electron chi connectivity index (χ1n) is 5.96. The summed E-state index contributed by atoms with van der Waals surface area (Å²) in [4.78, 5) is 11.3. The second kappa shape index (κ2) is 4.25. The summed E-state index contributed by atoms with van der Waals surface area (Å²) in [5, 5.41) is 0.748. The van der Waals surface area contributed by atoms with Gasteiger partial charge in [-0.25, -0.2) is 0 Å². The van der Waals surface area contributed by atoms with Crippen LogP contribution < -0.4 is 4.90 Å². The van der Waals surface area contributed by atoms with Gasteiger partial charge in [0, 0.05) is 28.2 Å². The van der Waals surface area contributed by atoms with E-state index in [2.05, 4.69) is 21.0 Å². The molecule has 2 aliphatic rings. The van der Waals surface area contributed by atoms with Gasteiger partial charge in [-0.15, -0.1) is 0 Å². The first-order chi connectivity index (χ1) is 8.65. The molecule has 0 spiro atoms. The van der Waals surface area contributed by atoms with Crippen LogP contribution in [0.1, 0.15) is 19.4 Å². The smallest absolute Gasteiger partial charge is 0.0810 e. The first kappa shape index (κ1) is 11.5. The molecule has 0 aromatic heterocycles. The Morgan fingerprint density at radius 2 is 2.11 bits per heavy atom. The van der Waals surface area contributed by atoms with Crippen LogP contribution in [0.25, 0.3) is 0 Å². The average molecular weight is 260 g/mol. The van der Waals surface area contributed by atoms with Crippen molar-refractivity contribution in [2.24, 2.45) is 9.98 Å². The molecular formula is C14H14ClN3. The Bertz CT molecular complexity index is 599. The SMILES string of the molecule is CC1=NC=C2CN=C(C)c3cc(Cl)ccc3N2C1. The molecule has 18 heavy (non-hydrogen) atoms. The van der Waals surface area contributed by atoms with Gasteiger partial charge in [-0.1, -0.05) is 11.6 Å². The van der Waals surface area contributed by atoms with Gasteiger partial charge in [0.05, 0.1) is 24.5 Å². The van der Waals surface area contributed by atoms with Crippen molar-refractivity contribution >= 4 is 28.7 Å². The Hall–Kier alpha value is -1.61. The predicted octanol–water partition coefficient (Wildman–Crippen LogP) is 3.28. The van der Waals surface area contributed by atoms with Gasteiger partial charge in [-0.3, -0.25) is 9.98 Å². The van der Waals surface area contributed by atoms with Gasteiger partial charge in [0.2, 0.25) is 0 Å². The van der Waals surface area contributed by atoms with Gasteiger partial charge < -0.3 is 4.90 Å². The minimum Gasteiger partial charge on any atom is -0.336 e. The molecule has 0 radical (unpaired) electrons. The molecule has 0 atom stereocenters. The number of benzene rings is 1. The van der Waals surface area contributed by atoms with Crippen LogP contribution in [0, 0.1) is 0 Å². The molecule has 0 saturated carbocycles. The van der Waals surface area contributed by atoms with E-state index in [1.54, 1.807) is 0 Å². The topological polar surface area (TPSA) is 28.0 Å². The molecule has 0 N–H and O–H groups in total. The van der Waals surface area contributed by atoms with E-state index in [-0.39, 0.29) is 0 Å². The number of aliphatic imine (C=N–C) groups is 2. The molecule has 0 saturated heterocycles. The molecule has 2 heterocycles. The standard InChI is InChI=1S/C14H14ClN3/c1-9-8-18-12(6-16-9)7-17-10(2)13-5-11(15)3-4-14(13)18/h3-6H,7-8H2,1-2H3. The summed E-state index contributed by atoms with van der Waals surface area (Å²) in [7, 11) is 0. The molecule has 0 bridgehead atoms. The van der Waals surface area contributed by atoms with Gasteiger partial charge in [0.15, 0.2) is 0 Å². The summed E-state index contributed by atoms with van der Waals surface area (Å²) in [6.07, 6.45) is 1.92. The maximum Gasteiger partial charge on any atom is 0.0810 e. The van der Waals surface area contributed by atoms with E-state index in [9.17, 15) is 0 Å². The zero-order chi connectivity index (χ0) is 12.7. The zero-order valence-electron chi connectivity index (χ0n) is 10.4. The lowest BCUT2D eigenvalue weighted by Gasteiger charge is -2.29. The van der Waals surface area contributed by atoms with E-state index in [1.807, 2.05) is 32.2 Å². The molecule has 1 aromatic carbocycles. The normalized spacial score (nSPS) is 18.2. The fraction of sp³-hybridized carbons (Fsp3) is 0.286.